The number of benzene rings is 1. The number of phenolic OH excluding ortho intramolecular Hbond substituents is 1. The molecule has 1 aliphatic carbocycles. The zero-order chi connectivity index (χ0) is 9.64. The molecule has 3 N–H and O–H groups in total. The van der Waals surface area contributed by atoms with Crippen molar-refractivity contribution in [2.24, 2.45) is 5.73 Å². The second-order valence-corrected chi connectivity index (χ2v) is 3.79. The highest BCUT2D eigenvalue weighted by Gasteiger charge is 2.42. The van der Waals surface area contributed by atoms with Crippen LogP contribution in [0.15, 0.2) is 12.1 Å². The van der Waals surface area contributed by atoms with E-state index in [1.807, 2.05) is 0 Å². The third-order valence-corrected chi connectivity index (χ3v) is 2.75. The van der Waals surface area contributed by atoms with Crippen LogP contribution in [0, 0.1) is 5.82 Å². The molecule has 70 valence electrons. The van der Waals surface area contributed by atoms with E-state index < -0.39 is 11.4 Å². The maximum atomic E-state index is 13.4. The third kappa shape index (κ3) is 1.28. The first kappa shape index (κ1) is 8.78. The van der Waals surface area contributed by atoms with Crippen LogP contribution in [-0.2, 0) is 5.54 Å². The molecule has 0 spiro atoms. The Balaban J connectivity index is 2.54. The van der Waals surface area contributed by atoms with Crippen molar-refractivity contribution in [2.45, 2.75) is 18.4 Å². The summed E-state index contributed by atoms with van der Waals surface area (Å²) in [6.45, 7) is 0. The Kier molecular flexibility index (Phi) is 1.75. The number of halogens is 2. The average molecular weight is 202 g/mol. The Hall–Kier alpha value is -0.800. The van der Waals surface area contributed by atoms with Crippen molar-refractivity contribution in [2.75, 3.05) is 0 Å². The number of rotatable bonds is 1. The summed E-state index contributed by atoms with van der Waals surface area (Å²) in [4.78, 5) is 0. The minimum absolute atomic E-state index is 0.241. The van der Waals surface area contributed by atoms with Gasteiger partial charge in [0.25, 0.3) is 0 Å². The van der Waals surface area contributed by atoms with Gasteiger partial charge in [0.05, 0.1) is 0 Å². The van der Waals surface area contributed by atoms with Crippen molar-refractivity contribution >= 4 is 11.6 Å². The van der Waals surface area contributed by atoms with Gasteiger partial charge in [-0.05, 0) is 18.9 Å². The second kappa shape index (κ2) is 2.59. The molecule has 2 rings (SSSR count). The molecule has 0 saturated heterocycles. The summed E-state index contributed by atoms with van der Waals surface area (Å²) < 4.78 is 13.4. The van der Waals surface area contributed by atoms with Gasteiger partial charge in [0.2, 0.25) is 0 Å². The van der Waals surface area contributed by atoms with Gasteiger partial charge >= 0.3 is 0 Å². The van der Waals surface area contributed by atoms with Crippen molar-refractivity contribution in [1.29, 1.82) is 0 Å². The minimum atomic E-state index is -0.596. The highest BCUT2D eigenvalue weighted by molar-refractivity contribution is 6.32. The van der Waals surface area contributed by atoms with E-state index >= 15 is 0 Å². The zero-order valence-electron chi connectivity index (χ0n) is 6.85. The van der Waals surface area contributed by atoms with E-state index in [-0.39, 0.29) is 10.8 Å². The predicted octanol–water partition coefficient (Wildman–Crippen LogP) is 2.13. The van der Waals surface area contributed by atoms with E-state index in [4.69, 9.17) is 22.4 Å². The Morgan fingerprint density at radius 3 is 2.62 bits per heavy atom. The standard InChI is InChI=1S/C9H9ClFNO/c10-7-6(13)2-1-5(8(7)11)9(12)3-4-9/h1-2,13H,3-4,12H2. The van der Waals surface area contributed by atoms with E-state index in [0.717, 1.165) is 12.8 Å². The molecule has 0 bridgehead atoms. The summed E-state index contributed by atoms with van der Waals surface area (Å²) in [5.74, 6) is -0.839. The zero-order valence-corrected chi connectivity index (χ0v) is 7.61. The first-order valence-electron chi connectivity index (χ1n) is 4.01. The van der Waals surface area contributed by atoms with Crippen LogP contribution in [0.2, 0.25) is 5.02 Å². The van der Waals surface area contributed by atoms with Crippen LogP contribution in [0.1, 0.15) is 18.4 Å². The van der Waals surface area contributed by atoms with Gasteiger partial charge in [0.15, 0.2) is 5.82 Å². The summed E-state index contributed by atoms with van der Waals surface area (Å²) >= 11 is 5.54. The fourth-order valence-electron chi connectivity index (χ4n) is 1.33. The normalized spacial score (nSPS) is 18.7. The van der Waals surface area contributed by atoms with Gasteiger partial charge in [-0.15, -0.1) is 0 Å². The summed E-state index contributed by atoms with van der Waals surface area (Å²) in [5.41, 5.74) is 5.65. The number of phenols is 1. The highest BCUT2D eigenvalue weighted by Crippen LogP contribution is 2.45. The van der Waals surface area contributed by atoms with E-state index in [1.165, 1.54) is 12.1 Å². The molecule has 0 amide bonds. The van der Waals surface area contributed by atoms with Gasteiger partial charge in [0.1, 0.15) is 10.8 Å². The molecule has 1 aromatic rings. The number of nitrogens with two attached hydrogens (primary N) is 1. The smallest absolute Gasteiger partial charge is 0.150 e. The fourth-order valence-corrected chi connectivity index (χ4v) is 1.49. The van der Waals surface area contributed by atoms with Gasteiger partial charge in [-0.1, -0.05) is 17.7 Å². The van der Waals surface area contributed by atoms with Gasteiger partial charge in [-0.25, -0.2) is 4.39 Å². The second-order valence-electron chi connectivity index (χ2n) is 3.42. The Morgan fingerprint density at radius 1 is 1.46 bits per heavy atom. The highest BCUT2D eigenvalue weighted by atomic mass is 35.5. The number of hydrogen-bond donors (Lipinski definition) is 2. The lowest BCUT2D eigenvalue weighted by atomic mass is 10.1. The number of aromatic hydroxyl groups is 1. The van der Waals surface area contributed by atoms with E-state index in [0.29, 0.717) is 5.56 Å². The van der Waals surface area contributed by atoms with Gasteiger partial charge in [-0.3, -0.25) is 0 Å². The molecule has 1 saturated carbocycles. The molecule has 1 aromatic carbocycles. The van der Waals surface area contributed by atoms with Crippen molar-refractivity contribution in [3.05, 3.63) is 28.5 Å². The summed E-state index contributed by atoms with van der Waals surface area (Å²) in [6.07, 6.45) is 1.54. The van der Waals surface area contributed by atoms with E-state index in [2.05, 4.69) is 0 Å². The van der Waals surface area contributed by atoms with Crippen LogP contribution >= 0.6 is 11.6 Å². The summed E-state index contributed by atoms with van der Waals surface area (Å²) in [7, 11) is 0. The first-order chi connectivity index (χ1) is 6.04. The van der Waals surface area contributed by atoms with Crippen LogP contribution in [-0.4, -0.2) is 5.11 Å². The Labute approximate surface area is 80.1 Å². The fraction of sp³-hybridized carbons (Fsp3) is 0.333. The van der Waals surface area contributed by atoms with Crippen molar-refractivity contribution in [3.63, 3.8) is 0 Å². The van der Waals surface area contributed by atoms with Crippen LogP contribution in [0.3, 0.4) is 0 Å². The molecule has 4 heteroatoms. The predicted molar refractivity (Wildman–Crippen MR) is 48.2 cm³/mol. The summed E-state index contributed by atoms with van der Waals surface area (Å²) in [6, 6.07) is 2.86. The number of hydrogen-bond acceptors (Lipinski definition) is 2. The molecule has 0 heterocycles. The molecule has 0 radical (unpaired) electrons. The monoisotopic (exact) mass is 201 g/mol. The molecule has 0 aliphatic heterocycles. The maximum Gasteiger partial charge on any atom is 0.150 e. The molecular weight excluding hydrogens is 193 g/mol. The maximum absolute atomic E-state index is 13.4. The van der Waals surface area contributed by atoms with Gasteiger partial charge in [0, 0.05) is 11.1 Å². The van der Waals surface area contributed by atoms with E-state index in [1.54, 1.807) is 0 Å². The van der Waals surface area contributed by atoms with E-state index in [9.17, 15) is 4.39 Å². The van der Waals surface area contributed by atoms with Crippen molar-refractivity contribution in [3.8, 4) is 5.75 Å². The van der Waals surface area contributed by atoms with Crippen LogP contribution in [0.5, 0.6) is 5.75 Å². The molecule has 1 aliphatic rings. The van der Waals surface area contributed by atoms with Crippen LogP contribution < -0.4 is 5.73 Å². The topological polar surface area (TPSA) is 46.2 Å². The average Bonchev–Trinajstić information content (AvgIpc) is 2.80. The molecule has 13 heavy (non-hydrogen) atoms. The van der Waals surface area contributed by atoms with Crippen LogP contribution in [0.4, 0.5) is 4.39 Å². The largest absolute Gasteiger partial charge is 0.506 e. The lowest BCUT2D eigenvalue weighted by Gasteiger charge is -2.11. The van der Waals surface area contributed by atoms with Gasteiger partial charge in [-0.2, -0.15) is 0 Å². The van der Waals surface area contributed by atoms with Crippen molar-refractivity contribution < 1.29 is 9.50 Å². The summed E-state index contributed by atoms with van der Waals surface area (Å²) in [5, 5.41) is 8.86. The molecule has 2 nitrogen and oxygen atoms in total. The SMILES string of the molecule is NC1(c2ccc(O)c(Cl)c2F)CC1. The first-order valence-corrected chi connectivity index (χ1v) is 4.39. The Morgan fingerprint density at radius 2 is 2.08 bits per heavy atom. The third-order valence-electron chi connectivity index (χ3n) is 2.39. The lowest BCUT2D eigenvalue weighted by Crippen LogP contribution is -2.20. The molecular formula is C9H9ClFNO. The van der Waals surface area contributed by atoms with Crippen molar-refractivity contribution in [1.82, 2.24) is 0 Å². The molecule has 1 fully saturated rings. The van der Waals surface area contributed by atoms with Gasteiger partial charge < -0.3 is 10.8 Å². The Bertz CT molecular complexity index is 363. The lowest BCUT2D eigenvalue weighted by molar-refractivity contribution is 0.466. The minimum Gasteiger partial charge on any atom is -0.506 e. The van der Waals surface area contributed by atoms with Crippen LogP contribution in [0.25, 0.3) is 0 Å². The molecule has 0 atom stereocenters. The molecule has 0 unspecified atom stereocenters. The quantitative estimate of drug-likeness (QED) is 0.731. The molecule has 0 aromatic heterocycles.